The maximum Gasteiger partial charge on any atom is 0.339 e. The van der Waals surface area contributed by atoms with Crippen LogP contribution in [0.1, 0.15) is 0 Å². The summed E-state index contributed by atoms with van der Waals surface area (Å²) in [5, 5.41) is 19.4. The van der Waals surface area contributed by atoms with Gasteiger partial charge in [-0.2, -0.15) is 87.8 Å². The summed E-state index contributed by atoms with van der Waals surface area (Å²) in [5.74, 6) is -96.3. The van der Waals surface area contributed by atoms with Crippen molar-refractivity contribution in [3.8, 4) is 0 Å². The number of aliphatic hydroxyl groups is 2. The molecule has 0 amide bonds. The summed E-state index contributed by atoms with van der Waals surface area (Å²) < 4.78 is 462. The molecule has 0 saturated heterocycles. The minimum Gasteiger partial charge on any atom is -0.388 e. The second-order valence-corrected chi connectivity index (χ2v) is 15.3. The van der Waals surface area contributed by atoms with Crippen molar-refractivity contribution < 1.29 is 161 Å². The Kier molecular flexibility index (Phi) is 9.64. The Balaban J connectivity index is 1.11. The molecule has 64 heavy (non-hydrogen) atoms. The minimum atomic E-state index is -8.16. The molecule has 8 rings (SSSR count). The first-order valence-electron chi connectivity index (χ1n) is 16.5. The smallest absolute Gasteiger partial charge is 0.339 e. The second kappa shape index (κ2) is 12.1. The van der Waals surface area contributed by atoms with E-state index in [-0.39, 0.29) is 0 Å². The summed E-state index contributed by atoms with van der Waals surface area (Å²) >= 11 is 0. The Morgan fingerprint density at radius 1 is 0.250 bits per heavy atom. The fraction of sp³-hybridized carbons (Fsp3) is 1.00. The molecule has 0 aliphatic heterocycles. The van der Waals surface area contributed by atoms with Crippen LogP contribution in [0.4, 0.5) is 132 Å². The highest BCUT2D eigenvalue weighted by Gasteiger charge is 3.25. The van der Waals surface area contributed by atoms with E-state index in [9.17, 15) is 116 Å². The predicted molar refractivity (Wildman–Crippen MR) is 133 cm³/mol. The van der Waals surface area contributed by atoms with Gasteiger partial charge in [-0.1, -0.05) is 0 Å². The van der Waals surface area contributed by atoms with Crippen molar-refractivity contribution in [2.24, 2.45) is 0 Å². The number of hydrogen-bond acceptors (Lipinski definition) is 6. The topological polar surface area (TPSA) is 77.4 Å². The molecule has 8 fully saturated rings. The third-order valence-corrected chi connectivity index (χ3v) is 12.4. The summed E-state index contributed by atoms with van der Waals surface area (Å²) in [6, 6.07) is 0. The third-order valence-electron chi connectivity index (χ3n) is 12.4. The average molecular weight is 1020 g/mol. The fourth-order valence-electron chi connectivity index (χ4n) is 9.09. The van der Waals surface area contributed by atoms with Gasteiger partial charge in [0.1, 0.15) is 12.2 Å². The molecule has 2 unspecified atom stereocenters. The SMILES string of the molecule is OC(COCCOCC(O)COC1(F)C2(F)C(F)(F)C3(F)C(F)(F)C(F)(C2(F)F)C(F)(F)C1(F)C3(F)F)COC1(F)C2(F)C(F)(F)C3(F)C(F)(F)C(F)(C2(F)F)C(F)(F)C1(F)C3(F)F. The Hall–Kier alpha value is -2.34. The van der Waals surface area contributed by atoms with Gasteiger partial charge in [-0.3, -0.25) is 0 Å². The molecular formula is C28H16F30O6. The molecule has 374 valence electrons. The molecule has 8 bridgehead atoms. The number of halogens is 30. The molecular weight excluding hydrogens is 1000 g/mol. The van der Waals surface area contributed by atoms with Gasteiger partial charge in [-0.05, 0) is 0 Å². The second-order valence-electron chi connectivity index (χ2n) is 15.3. The van der Waals surface area contributed by atoms with Crippen molar-refractivity contribution in [3.63, 3.8) is 0 Å². The van der Waals surface area contributed by atoms with E-state index in [0.717, 1.165) is 0 Å². The van der Waals surface area contributed by atoms with Crippen LogP contribution in [-0.4, -0.2) is 178 Å². The quantitative estimate of drug-likeness (QED) is 0.150. The standard InChI is InChI=1S/C28H16F30O6/c29-9-17(37,38)10(30)21(45,46)13(33,19(9,41)42)27(57,14(34,20(9,43)44)22(10,47)48)63-5-7(59)3-61-1-2-62-4-8(60)6-64-28(58)15(35)23(49,50)11(31)18(39,40)12(32,25(15,53)54)26(55,56)16(28,36)24(11,51)52/h7-8,59-60H,1-6H2. The van der Waals surface area contributed by atoms with Crippen LogP contribution in [0.5, 0.6) is 0 Å². The maximum absolute atomic E-state index is 15.7. The lowest BCUT2D eigenvalue weighted by Gasteiger charge is -2.74. The Bertz CT molecular complexity index is 1650. The molecule has 0 aromatic heterocycles. The first kappa shape index (κ1) is 51.1. The molecule has 0 radical (unpaired) electrons. The molecule has 36 heteroatoms. The van der Waals surface area contributed by atoms with Crippen molar-refractivity contribution in [3.05, 3.63) is 0 Å². The Labute approximate surface area is 330 Å². The van der Waals surface area contributed by atoms with Crippen LogP contribution in [0, 0.1) is 0 Å². The van der Waals surface area contributed by atoms with Crippen molar-refractivity contribution >= 4 is 0 Å². The van der Waals surface area contributed by atoms with Gasteiger partial charge >= 0.3 is 116 Å². The van der Waals surface area contributed by atoms with Gasteiger partial charge in [0.05, 0.1) is 39.6 Å². The zero-order valence-electron chi connectivity index (χ0n) is 29.3. The van der Waals surface area contributed by atoms with Crippen molar-refractivity contribution in [1.29, 1.82) is 0 Å². The van der Waals surface area contributed by atoms with Crippen molar-refractivity contribution in [1.82, 2.24) is 0 Å². The molecule has 8 saturated carbocycles. The Morgan fingerprint density at radius 2 is 0.406 bits per heavy atom. The third kappa shape index (κ3) is 3.73. The van der Waals surface area contributed by atoms with E-state index in [2.05, 4.69) is 18.9 Å². The molecule has 0 spiro atoms. The molecule has 6 nitrogen and oxygen atoms in total. The number of ether oxygens (including phenoxy) is 4. The van der Waals surface area contributed by atoms with Crippen LogP contribution in [0.3, 0.4) is 0 Å². The molecule has 0 aromatic carbocycles. The zero-order chi connectivity index (χ0) is 50.2. The maximum atomic E-state index is 15.7. The van der Waals surface area contributed by atoms with Gasteiger partial charge in [0.2, 0.25) is 0 Å². The molecule has 0 heterocycles. The highest BCUT2D eigenvalue weighted by Crippen LogP contribution is 2.91. The van der Waals surface area contributed by atoms with E-state index >= 15 is 26.3 Å². The summed E-state index contributed by atoms with van der Waals surface area (Å²) in [5.41, 5.74) is -63.9. The van der Waals surface area contributed by atoms with E-state index in [0.29, 0.717) is 0 Å². The predicted octanol–water partition coefficient (Wildman–Crippen LogP) is 7.21. The molecule has 2 atom stereocenters. The number of aliphatic hydroxyl groups excluding tert-OH is 2. The highest BCUT2D eigenvalue weighted by molar-refractivity contribution is 5.56. The van der Waals surface area contributed by atoms with Crippen LogP contribution >= 0.6 is 0 Å². The highest BCUT2D eigenvalue weighted by atomic mass is 19.4. The van der Waals surface area contributed by atoms with Gasteiger partial charge in [0, 0.05) is 0 Å². The lowest BCUT2D eigenvalue weighted by Crippen LogP contribution is -3.09. The fourth-order valence-corrected chi connectivity index (χ4v) is 9.09. The van der Waals surface area contributed by atoms with Crippen molar-refractivity contribution in [2.45, 2.75) is 128 Å². The van der Waals surface area contributed by atoms with Gasteiger partial charge in [0.25, 0.3) is 0 Å². The van der Waals surface area contributed by atoms with Crippen LogP contribution in [0.25, 0.3) is 0 Å². The lowest BCUT2D eigenvalue weighted by molar-refractivity contribution is -0.618. The zero-order valence-corrected chi connectivity index (χ0v) is 29.3. The minimum absolute atomic E-state index is 1.34. The number of alkyl halides is 30. The van der Waals surface area contributed by atoms with E-state index in [4.69, 9.17) is 0 Å². The largest absolute Gasteiger partial charge is 0.388 e. The molecule has 0 aromatic rings. The summed E-state index contributed by atoms with van der Waals surface area (Å²) in [6.45, 7) is -11.9. The van der Waals surface area contributed by atoms with Crippen LogP contribution < -0.4 is 0 Å². The van der Waals surface area contributed by atoms with E-state index in [1.54, 1.807) is 0 Å². The number of rotatable bonds is 13. The summed E-state index contributed by atoms with van der Waals surface area (Å²) in [7, 11) is 0. The van der Waals surface area contributed by atoms with E-state index in [1.807, 2.05) is 0 Å². The molecule has 8 aliphatic carbocycles. The van der Waals surface area contributed by atoms with Gasteiger partial charge in [-0.25, -0.2) is 43.9 Å². The van der Waals surface area contributed by atoms with Crippen LogP contribution in [0.2, 0.25) is 0 Å². The van der Waals surface area contributed by atoms with E-state index < -0.39 is 168 Å². The van der Waals surface area contributed by atoms with Crippen LogP contribution in [-0.2, 0) is 18.9 Å². The van der Waals surface area contributed by atoms with Crippen molar-refractivity contribution in [2.75, 3.05) is 39.6 Å². The van der Waals surface area contributed by atoms with Gasteiger partial charge in [0.15, 0.2) is 0 Å². The molecule has 2 N–H and O–H groups in total. The first-order chi connectivity index (χ1) is 28.0. The normalized spacial score (nSPS) is 50.1. The van der Waals surface area contributed by atoms with E-state index in [1.165, 1.54) is 0 Å². The summed E-state index contributed by atoms with van der Waals surface area (Å²) in [4.78, 5) is 0. The Morgan fingerprint density at radius 3 is 0.578 bits per heavy atom. The summed E-state index contributed by atoms with van der Waals surface area (Å²) in [6.07, 6.45) is -6.27. The average Bonchev–Trinajstić information content (AvgIpc) is 3.16. The van der Waals surface area contributed by atoms with Crippen LogP contribution in [0.15, 0.2) is 0 Å². The lowest BCUT2D eigenvalue weighted by atomic mass is 9.40. The van der Waals surface area contributed by atoms with Gasteiger partial charge in [-0.15, -0.1) is 0 Å². The molecule has 8 aliphatic rings. The first-order valence-corrected chi connectivity index (χ1v) is 16.5. The monoisotopic (exact) mass is 1020 g/mol. The number of hydrogen-bond donors (Lipinski definition) is 2. The van der Waals surface area contributed by atoms with Gasteiger partial charge < -0.3 is 29.2 Å².